The number of phenolic OH excluding ortho intramolecular Hbond substituents is 1. The van der Waals surface area contributed by atoms with Crippen molar-refractivity contribution in [3.63, 3.8) is 0 Å². The average Bonchev–Trinajstić information content (AvgIpc) is 2.48. The SMILES string of the molecule is COc1c(C)c(C(=O)c2ccccc2)cc([N+](=O)[O-])c1O. The maximum absolute atomic E-state index is 12.5. The van der Waals surface area contributed by atoms with Gasteiger partial charge in [-0.1, -0.05) is 30.3 Å². The third-order valence-electron chi connectivity index (χ3n) is 3.16. The lowest BCUT2D eigenvalue weighted by Crippen LogP contribution is -2.06. The van der Waals surface area contributed by atoms with Crippen molar-refractivity contribution in [2.45, 2.75) is 6.92 Å². The predicted molar refractivity (Wildman–Crippen MR) is 75.9 cm³/mol. The molecule has 0 amide bonds. The molecule has 1 N–H and O–H groups in total. The van der Waals surface area contributed by atoms with Crippen LogP contribution in [0, 0.1) is 17.0 Å². The molecule has 21 heavy (non-hydrogen) atoms. The quantitative estimate of drug-likeness (QED) is 0.530. The molecule has 0 saturated carbocycles. The molecule has 0 atom stereocenters. The molecule has 6 nitrogen and oxygen atoms in total. The zero-order valence-electron chi connectivity index (χ0n) is 11.5. The Bertz CT molecular complexity index is 710. The Kier molecular flexibility index (Phi) is 3.89. The molecule has 0 bridgehead atoms. The van der Waals surface area contributed by atoms with E-state index in [1.165, 1.54) is 7.11 Å². The van der Waals surface area contributed by atoms with Crippen molar-refractivity contribution in [2.24, 2.45) is 0 Å². The van der Waals surface area contributed by atoms with Gasteiger partial charge >= 0.3 is 5.69 Å². The number of methoxy groups -OCH3 is 1. The number of phenols is 1. The van der Waals surface area contributed by atoms with Gasteiger partial charge in [0, 0.05) is 22.8 Å². The van der Waals surface area contributed by atoms with E-state index < -0.39 is 16.4 Å². The van der Waals surface area contributed by atoms with E-state index in [2.05, 4.69) is 0 Å². The maximum atomic E-state index is 12.5. The first-order valence-electron chi connectivity index (χ1n) is 6.12. The Hall–Kier alpha value is -2.89. The molecule has 0 aromatic heterocycles. The van der Waals surface area contributed by atoms with E-state index in [-0.39, 0.29) is 17.1 Å². The van der Waals surface area contributed by atoms with Crippen molar-refractivity contribution >= 4 is 11.5 Å². The van der Waals surface area contributed by atoms with Gasteiger partial charge in [-0.05, 0) is 6.92 Å². The first-order valence-corrected chi connectivity index (χ1v) is 6.12. The van der Waals surface area contributed by atoms with Gasteiger partial charge in [-0.2, -0.15) is 0 Å². The molecule has 2 aromatic rings. The first-order chi connectivity index (χ1) is 9.97. The van der Waals surface area contributed by atoms with Crippen molar-refractivity contribution in [1.82, 2.24) is 0 Å². The van der Waals surface area contributed by atoms with E-state index in [1.54, 1.807) is 37.3 Å². The molecule has 0 spiro atoms. The Morgan fingerprint density at radius 3 is 2.43 bits per heavy atom. The molecule has 6 heteroatoms. The molecule has 0 aliphatic rings. The van der Waals surface area contributed by atoms with E-state index in [1.807, 2.05) is 0 Å². The highest BCUT2D eigenvalue weighted by Crippen LogP contribution is 2.40. The number of rotatable bonds is 4. The molecule has 108 valence electrons. The van der Waals surface area contributed by atoms with Gasteiger partial charge in [-0.25, -0.2) is 0 Å². The standard InChI is InChI=1S/C15H13NO5/c1-9-11(13(17)10-6-4-3-5-7-10)8-12(16(19)20)14(18)15(9)21-2/h3-8,18H,1-2H3. The minimum atomic E-state index is -0.751. The fourth-order valence-electron chi connectivity index (χ4n) is 2.10. The minimum absolute atomic E-state index is 0.0662. The number of carbonyl (C=O) groups is 1. The number of aromatic hydroxyl groups is 1. The smallest absolute Gasteiger partial charge is 0.315 e. The molecular formula is C15H13NO5. The molecule has 0 aliphatic carbocycles. The molecule has 0 radical (unpaired) electrons. The van der Waals surface area contributed by atoms with Crippen LogP contribution in [-0.4, -0.2) is 22.9 Å². The van der Waals surface area contributed by atoms with Crippen LogP contribution in [-0.2, 0) is 0 Å². The fourth-order valence-corrected chi connectivity index (χ4v) is 2.10. The maximum Gasteiger partial charge on any atom is 0.315 e. The number of nitrogens with zero attached hydrogens (tertiary/aromatic N) is 1. The zero-order valence-corrected chi connectivity index (χ0v) is 11.5. The summed E-state index contributed by atoms with van der Waals surface area (Å²) >= 11 is 0. The molecule has 0 saturated heterocycles. The summed E-state index contributed by atoms with van der Waals surface area (Å²) in [6.07, 6.45) is 0. The largest absolute Gasteiger partial charge is 0.500 e. The van der Waals surface area contributed by atoms with Crippen molar-refractivity contribution in [2.75, 3.05) is 7.11 Å². The number of hydrogen-bond donors (Lipinski definition) is 1. The summed E-state index contributed by atoms with van der Waals surface area (Å²) in [4.78, 5) is 22.7. The molecule has 0 unspecified atom stereocenters. The lowest BCUT2D eigenvalue weighted by Gasteiger charge is -2.12. The number of nitro groups is 1. The number of nitro benzene ring substituents is 1. The molecule has 0 aliphatic heterocycles. The van der Waals surface area contributed by atoms with Gasteiger partial charge in [-0.3, -0.25) is 14.9 Å². The molecule has 0 fully saturated rings. The van der Waals surface area contributed by atoms with Crippen LogP contribution < -0.4 is 4.74 Å². The second kappa shape index (κ2) is 5.62. The molecular weight excluding hydrogens is 274 g/mol. The minimum Gasteiger partial charge on any atom is -0.500 e. The normalized spacial score (nSPS) is 10.2. The van der Waals surface area contributed by atoms with E-state index in [4.69, 9.17) is 4.74 Å². The lowest BCUT2D eigenvalue weighted by atomic mass is 9.97. The second-order valence-electron chi connectivity index (χ2n) is 4.40. The first kappa shape index (κ1) is 14.5. The monoisotopic (exact) mass is 287 g/mol. The van der Waals surface area contributed by atoms with Crippen LogP contribution in [0.2, 0.25) is 0 Å². The van der Waals surface area contributed by atoms with Gasteiger partial charge in [0.25, 0.3) is 0 Å². The summed E-state index contributed by atoms with van der Waals surface area (Å²) in [5, 5.41) is 20.8. The third-order valence-corrected chi connectivity index (χ3v) is 3.16. The summed E-state index contributed by atoms with van der Waals surface area (Å²) in [6, 6.07) is 9.48. The predicted octanol–water partition coefficient (Wildman–Crippen LogP) is 2.85. The summed E-state index contributed by atoms with van der Waals surface area (Å²) in [6.45, 7) is 1.57. The topological polar surface area (TPSA) is 89.7 Å². The van der Waals surface area contributed by atoms with Gasteiger partial charge in [-0.15, -0.1) is 0 Å². The number of benzene rings is 2. The van der Waals surface area contributed by atoms with Crippen LogP contribution in [0.3, 0.4) is 0 Å². The van der Waals surface area contributed by atoms with Crippen LogP contribution in [0.15, 0.2) is 36.4 Å². The highest BCUT2D eigenvalue weighted by Gasteiger charge is 2.26. The lowest BCUT2D eigenvalue weighted by molar-refractivity contribution is -0.386. The second-order valence-corrected chi connectivity index (χ2v) is 4.40. The van der Waals surface area contributed by atoms with Gasteiger partial charge in [0.2, 0.25) is 5.75 Å². The van der Waals surface area contributed by atoms with Crippen molar-refractivity contribution in [3.8, 4) is 11.5 Å². The van der Waals surface area contributed by atoms with E-state index in [0.29, 0.717) is 11.1 Å². The van der Waals surface area contributed by atoms with E-state index in [0.717, 1.165) is 6.07 Å². The highest BCUT2D eigenvalue weighted by atomic mass is 16.6. The summed E-state index contributed by atoms with van der Waals surface area (Å²) < 4.78 is 4.99. The Morgan fingerprint density at radius 1 is 1.29 bits per heavy atom. The van der Waals surface area contributed by atoms with Crippen molar-refractivity contribution < 1.29 is 19.6 Å². The third kappa shape index (κ3) is 2.55. The Labute approximate surface area is 120 Å². The van der Waals surface area contributed by atoms with Gasteiger partial charge in [0.05, 0.1) is 12.0 Å². The fraction of sp³-hybridized carbons (Fsp3) is 0.133. The van der Waals surface area contributed by atoms with Crippen LogP contribution in [0.4, 0.5) is 5.69 Å². The van der Waals surface area contributed by atoms with Gasteiger partial charge in [0.15, 0.2) is 11.5 Å². The van der Waals surface area contributed by atoms with Crippen LogP contribution in [0.1, 0.15) is 21.5 Å². The van der Waals surface area contributed by atoms with E-state index in [9.17, 15) is 20.0 Å². The van der Waals surface area contributed by atoms with Crippen molar-refractivity contribution in [1.29, 1.82) is 0 Å². The summed E-state index contributed by atoms with van der Waals surface area (Å²) in [5.74, 6) is -1.01. The Balaban J connectivity index is 2.66. The molecule has 2 rings (SSSR count). The highest BCUT2D eigenvalue weighted by molar-refractivity contribution is 6.10. The van der Waals surface area contributed by atoms with Crippen molar-refractivity contribution in [3.05, 3.63) is 63.2 Å². The van der Waals surface area contributed by atoms with E-state index >= 15 is 0 Å². The number of carbonyl (C=O) groups excluding carboxylic acids is 1. The van der Waals surface area contributed by atoms with Crippen LogP contribution >= 0.6 is 0 Å². The van der Waals surface area contributed by atoms with Crippen LogP contribution in [0.25, 0.3) is 0 Å². The number of ether oxygens (including phenoxy) is 1. The molecule has 0 heterocycles. The Morgan fingerprint density at radius 2 is 1.90 bits per heavy atom. The van der Waals surface area contributed by atoms with Gasteiger partial charge in [0.1, 0.15) is 0 Å². The van der Waals surface area contributed by atoms with Gasteiger partial charge < -0.3 is 9.84 Å². The zero-order chi connectivity index (χ0) is 15.6. The summed E-state index contributed by atoms with van der Waals surface area (Å²) in [5.41, 5.74) is 0.330. The summed E-state index contributed by atoms with van der Waals surface area (Å²) in [7, 11) is 1.28. The molecule has 2 aromatic carbocycles. The number of hydrogen-bond acceptors (Lipinski definition) is 5. The number of ketones is 1. The van der Waals surface area contributed by atoms with Crippen LogP contribution in [0.5, 0.6) is 11.5 Å². The average molecular weight is 287 g/mol.